The van der Waals surface area contributed by atoms with Crippen molar-refractivity contribution in [2.24, 2.45) is 0 Å². The van der Waals surface area contributed by atoms with Gasteiger partial charge in [-0.2, -0.15) is 0 Å². The predicted molar refractivity (Wildman–Crippen MR) is 134 cm³/mol. The zero-order valence-electron chi connectivity index (χ0n) is 22.4. The van der Waals surface area contributed by atoms with E-state index in [4.69, 9.17) is 23.7 Å². The number of benzene rings is 1. The molecular formula is C25H44N2O7. The lowest BCUT2D eigenvalue weighted by Crippen LogP contribution is -2.37. The summed E-state index contributed by atoms with van der Waals surface area (Å²) in [6, 6.07) is 5.15. The fourth-order valence-corrected chi connectivity index (χ4v) is 3.02. The highest BCUT2D eigenvalue weighted by Gasteiger charge is 2.35. The molecule has 1 rings (SSSR count). The molecule has 0 aromatic heterocycles. The molecule has 0 N–H and O–H groups in total. The molecule has 0 saturated carbocycles. The lowest BCUT2D eigenvalue weighted by atomic mass is 9.94. The molecule has 9 nitrogen and oxygen atoms in total. The van der Waals surface area contributed by atoms with Gasteiger partial charge in [-0.15, -0.1) is 0 Å². The number of hydrogen-bond acceptors (Lipinski definition) is 8. The highest BCUT2D eigenvalue weighted by Crippen LogP contribution is 2.36. The Morgan fingerprint density at radius 2 is 1.35 bits per heavy atom. The Kier molecular flexibility index (Phi) is 12.0. The van der Waals surface area contributed by atoms with Gasteiger partial charge in [0.25, 0.3) is 5.69 Å². The predicted octanol–water partition coefficient (Wildman–Crippen LogP) is 4.56. The molecule has 34 heavy (non-hydrogen) atoms. The van der Waals surface area contributed by atoms with Crippen molar-refractivity contribution in [1.82, 2.24) is 0 Å². The minimum atomic E-state index is -0.870. The van der Waals surface area contributed by atoms with Crippen molar-refractivity contribution in [2.75, 3.05) is 65.5 Å². The number of anilines is 1. The molecule has 0 spiro atoms. The quantitative estimate of drug-likeness (QED) is 0.203. The second kappa shape index (κ2) is 13.5. The lowest BCUT2D eigenvalue weighted by molar-refractivity contribution is -0.540. The van der Waals surface area contributed by atoms with Gasteiger partial charge in [0, 0.05) is 68.0 Å². The maximum Gasteiger partial charge on any atom is 0.259 e. The summed E-state index contributed by atoms with van der Waals surface area (Å²) in [5, 5.41) is 13.9. The standard InChI is InChI=1S/C25H44N2O7/c1-23(2,3)26(28)21-16-20(17-22(18-21)27(29)24(4,5)6)25(7,31-9)19-34-15-14-33-13-12-32-11-10-30-8/h16-18H,10-15,19H2,1-9H3. The Bertz CT molecular complexity index is 759. The van der Waals surface area contributed by atoms with Crippen molar-refractivity contribution in [2.45, 2.75) is 65.1 Å². The molecule has 0 saturated heterocycles. The number of rotatable bonds is 15. The third kappa shape index (κ3) is 9.56. The zero-order valence-corrected chi connectivity index (χ0v) is 22.4. The first-order valence-electron chi connectivity index (χ1n) is 11.6. The van der Waals surface area contributed by atoms with Crippen LogP contribution in [0.4, 0.5) is 11.4 Å². The maximum atomic E-state index is 13.0. The third-order valence-corrected chi connectivity index (χ3v) is 5.20. The van der Waals surface area contributed by atoms with Gasteiger partial charge in [0.1, 0.15) is 5.60 Å². The van der Waals surface area contributed by atoms with Crippen LogP contribution in [0, 0.1) is 10.1 Å². The Morgan fingerprint density at radius 3 is 1.82 bits per heavy atom. The van der Waals surface area contributed by atoms with Crippen LogP contribution >= 0.6 is 0 Å². The highest BCUT2D eigenvalue weighted by molar-refractivity contribution is 5.59. The normalized spacial score (nSPS) is 14.2. The van der Waals surface area contributed by atoms with Crippen LogP contribution in [-0.2, 0) is 29.3 Å². The van der Waals surface area contributed by atoms with E-state index in [-0.39, 0.29) is 6.61 Å². The number of hydroxylamine groups is 1. The van der Waals surface area contributed by atoms with E-state index in [0.29, 0.717) is 56.6 Å². The first-order chi connectivity index (χ1) is 15.8. The lowest BCUT2D eigenvalue weighted by Gasteiger charge is -2.44. The van der Waals surface area contributed by atoms with Crippen LogP contribution in [0.25, 0.3) is 0 Å². The average Bonchev–Trinajstić information content (AvgIpc) is 2.77. The van der Waals surface area contributed by atoms with Crippen LogP contribution in [-0.4, -0.2) is 76.3 Å². The minimum absolute atomic E-state index is 0.225. The number of nitroso groups, excluding NO2 is 1. The maximum absolute atomic E-state index is 13.0. The van der Waals surface area contributed by atoms with Crippen LogP contribution < -0.4 is 5.06 Å². The summed E-state index contributed by atoms with van der Waals surface area (Å²) in [4.78, 5) is 13.0. The van der Waals surface area contributed by atoms with E-state index >= 15 is 0 Å². The zero-order chi connectivity index (χ0) is 26.0. The summed E-state index contributed by atoms with van der Waals surface area (Å²) >= 11 is 0. The van der Waals surface area contributed by atoms with Crippen molar-refractivity contribution in [1.29, 1.82) is 0 Å². The Hall–Kier alpha value is -1.62. The Balaban J connectivity index is 2.93. The van der Waals surface area contributed by atoms with E-state index in [2.05, 4.69) is 0 Å². The Morgan fingerprint density at radius 1 is 0.824 bits per heavy atom. The number of methoxy groups -OCH3 is 2. The first kappa shape index (κ1) is 30.4. The monoisotopic (exact) mass is 484 g/mol. The van der Waals surface area contributed by atoms with Gasteiger partial charge in [0.15, 0.2) is 0 Å². The van der Waals surface area contributed by atoms with E-state index in [1.807, 2.05) is 48.5 Å². The molecule has 1 aromatic carbocycles. The molecule has 1 unspecified atom stereocenters. The molecule has 1 aromatic rings. The van der Waals surface area contributed by atoms with Crippen molar-refractivity contribution in [3.63, 3.8) is 0 Å². The molecule has 0 aliphatic rings. The van der Waals surface area contributed by atoms with Crippen molar-refractivity contribution in [3.05, 3.63) is 33.9 Å². The van der Waals surface area contributed by atoms with Gasteiger partial charge in [0.2, 0.25) is 5.54 Å². The summed E-state index contributed by atoms with van der Waals surface area (Å²) in [7, 11) is 3.21. The van der Waals surface area contributed by atoms with Crippen molar-refractivity contribution < 1.29 is 28.4 Å². The third-order valence-electron chi connectivity index (χ3n) is 5.20. The van der Waals surface area contributed by atoms with Crippen molar-refractivity contribution >= 4 is 11.4 Å². The number of hydrogen-bond donors (Lipinski definition) is 0. The van der Waals surface area contributed by atoms with Gasteiger partial charge in [-0.3, -0.25) is 0 Å². The molecule has 0 aliphatic carbocycles. The number of ether oxygens (including phenoxy) is 5. The second-order valence-corrected chi connectivity index (χ2v) is 10.4. The smallest absolute Gasteiger partial charge is 0.259 e. The highest BCUT2D eigenvalue weighted by atomic mass is 16.6. The molecule has 196 valence electrons. The fourth-order valence-electron chi connectivity index (χ4n) is 3.02. The largest absolute Gasteiger partial charge is 0.758 e. The van der Waals surface area contributed by atoms with E-state index < -0.39 is 16.7 Å². The van der Waals surface area contributed by atoms with Crippen molar-refractivity contribution in [3.8, 4) is 0 Å². The summed E-state index contributed by atoms with van der Waals surface area (Å²) in [6.07, 6.45) is 0. The van der Waals surface area contributed by atoms with Crippen LogP contribution in [0.3, 0.4) is 0 Å². The van der Waals surface area contributed by atoms with E-state index in [0.717, 1.165) is 9.82 Å². The molecule has 0 radical (unpaired) electrons. The molecule has 0 bridgehead atoms. The fraction of sp³-hybridized carbons (Fsp3) is 0.760. The molecular weight excluding hydrogens is 440 g/mol. The summed E-state index contributed by atoms with van der Waals surface area (Å²) in [5.41, 5.74) is -0.738. The summed E-state index contributed by atoms with van der Waals surface area (Å²) < 4.78 is 28.3. The Labute approximate surface area is 204 Å². The minimum Gasteiger partial charge on any atom is -0.758 e. The molecule has 9 heteroatoms. The van der Waals surface area contributed by atoms with E-state index in [1.165, 1.54) is 0 Å². The molecule has 0 fully saturated rings. The summed E-state index contributed by atoms with van der Waals surface area (Å²) in [6.45, 7) is 15.9. The molecule has 0 heterocycles. The van der Waals surface area contributed by atoms with Crippen LogP contribution in [0.1, 0.15) is 54.0 Å². The summed E-state index contributed by atoms with van der Waals surface area (Å²) in [5.74, 6) is 0. The topological polar surface area (TPSA) is 92.5 Å². The average molecular weight is 485 g/mol. The van der Waals surface area contributed by atoms with Gasteiger partial charge in [-0.05, 0) is 39.3 Å². The SMILES string of the molecule is COCCOCCOCCOCC(C)(OC)c1cc(N([O-])C(C)(C)C)cc([N+](=O)C(C)(C)C)c1. The molecule has 1 atom stereocenters. The molecule has 0 aliphatic heterocycles. The molecule has 0 amide bonds. The number of nitrogens with zero attached hydrogens (tertiary/aromatic N) is 2. The van der Waals surface area contributed by atoms with E-state index in [1.54, 1.807) is 32.4 Å². The van der Waals surface area contributed by atoms with Crippen LogP contribution in [0.5, 0.6) is 0 Å². The second-order valence-electron chi connectivity index (χ2n) is 10.4. The van der Waals surface area contributed by atoms with Crippen LogP contribution in [0.15, 0.2) is 18.2 Å². The van der Waals surface area contributed by atoms with Gasteiger partial charge < -0.3 is 34.0 Å². The van der Waals surface area contributed by atoms with Gasteiger partial charge in [-0.25, -0.2) is 0 Å². The van der Waals surface area contributed by atoms with Gasteiger partial charge in [-0.1, -0.05) is 0 Å². The van der Waals surface area contributed by atoms with E-state index in [9.17, 15) is 10.1 Å². The first-order valence-corrected chi connectivity index (χ1v) is 11.6. The van der Waals surface area contributed by atoms with Crippen LogP contribution in [0.2, 0.25) is 0 Å². The van der Waals surface area contributed by atoms with Gasteiger partial charge in [0.05, 0.1) is 46.2 Å². The van der Waals surface area contributed by atoms with Gasteiger partial charge >= 0.3 is 0 Å².